The maximum atomic E-state index is 5.83. The van der Waals surface area contributed by atoms with E-state index in [1.807, 2.05) is 18.2 Å². The molecule has 7 heteroatoms. The molecule has 0 unspecified atom stereocenters. The topological polar surface area (TPSA) is 80.6 Å². The van der Waals surface area contributed by atoms with Gasteiger partial charge in [-0.1, -0.05) is 0 Å². The van der Waals surface area contributed by atoms with Crippen LogP contribution in [-0.4, -0.2) is 44.9 Å². The molecule has 0 radical (unpaired) electrons. The van der Waals surface area contributed by atoms with E-state index in [1.165, 1.54) is 0 Å². The van der Waals surface area contributed by atoms with Gasteiger partial charge in [-0.2, -0.15) is 20.1 Å². The first kappa shape index (κ1) is 13.3. The molecule has 0 aliphatic carbocycles. The highest BCUT2D eigenvalue weighted by atomic mass is 16.5. The number of hydrogen-bond acceptors (Lipinski definition) is 5. The zero-order valence-corrected chi connectivity index (χ0v) is 12.2. The highest BCUT2D eigenvalue weighted by molar-refractivity contribution is 5.92. The summed E-state index contributed by atoms with van der Waals surface area (Å²) in [6.45, 7) is 3.42. The molecule has 2 aromatic heterocycles. The molecule has 7 nitrogen and oxygen atoms in total. The van der Waals surface area contributed by atoms with Crippen molar-refractivity contribution in [3.63, 3.8) is 0 Å². The Balaban J connectivity index is 1.75. The summed E-state index contributed by atoms with van der Waals surface area (Å²) in [5.74, 6) is 0.859. The van der Waals surface area contributed by atoms with Crippen LogP contribution in [0.25, 0.3) is 22.3 Å². The van der Waals surface area contributed by atoms with Gasteiger partial charge in [0.2, 0.25) is 0 Å². The van der Waals surface area contributed by atoms with Crippen LogP contribution >= 0.6 is 0 Å². The Morgan fingerprint density at radius 3 is 3.14 bits per heavy atom. The highest BCUT2D eigenvalue weighted by Gasteiger charge is 2.13. The molecule has 3 heterocycles. The smallest absolute Gasteiger partial charge is 0.133 e. The molecule has 0 saturated carbocycles. The van der Waals surface area contributed by atoms with Crippen LogP contribution < -0.4 is 10.1 Å². The van der Waals surface area contributed by atoms with Crippen molar-refractivity contribution in [2.45, 2.75) is 19.4 Å². The van der Waals surface area contributed by atoms with Gasteiger partial charge in [0.15, 0.2) is 0 Å². The fourth-order valence-electron chi connectivity index (χ4n) is 2.65. The number of rotatable bonds is 0. The Labute approximate surface area is 127 Å². The summed E-state index contributed by atoms with van der Waals surface area (Å²) in [6, 6.07) is 5.97. The summed E-state index contributed by atoms with van der Waals surface area (Å²) in [5, 5.41) is 20.7. The first-order chi connectivity index (χ1) is 10.9. The standard InChI is InChI=1S/C15H18N6O/c1-5-16-6-2-8-22-11-3-4-13-12(9-11)15(19-18-13)14-10-17-21(7-1)20-14/h3-4,9-10,16H,1-2,5-8H2,(H,18,19). The summed E-state index contributed by atoms with van der Waals surface area (Å²) in [6.07, 6.45) is 3.75. The molecule has 22 heavy (non-hydrogen) atoms. The van der Waals surface area contributed by atoms with Crippen LogP contribution in [0.1, 0.15) is 12.8 Å². The lowest BCUT2D eigenvalue weighted by molar-refractivity contribution is 0.308. The van der Waals surface area contributed by atoms with Crippen LogP contribution in [0.5, 0.6) is 5.75 Å². The highest BCUT2D eigenvalue weighted by Crippen LogP contribution is 2.28. The number of aromatic nitrogens is 5. The molecule has 0 saturated heterocycles. The summed E-state index contributed by atoms with van der Waals surface area (Å²) in [5.41, 5.74) is 2.58. The molecule has 4 bridgehead atoms. The average molecular weight is 298 g/mol. The molecule has 1 aromatic carbocycles. The maximum Gasteiger partial charge on any atom is 0.133 e. The van der Waals surface area contributed by atoms with Crippen molar-refractivity contribution in [2.75, 3.05) is 19.7 Å². The molecule has 0 spiro atoms. The molecule has 1 aliphatic heterocycles. The third kappa shape index (κ3) is 2.55. The van der Waals surface area contributed by atoms with Gasteiger partial charge in [-0.25, -0.2) is 0 Å². The van der Waals surface area contributed by atoms with E-state index < -0.39 is 0 Å². The predicted molar refractivity (Wildman–Crippen MR) is 82.7 cm³/mol. The first-order valence-corrected chi connectivity index (χ1v) is 7.62. The summed E-state index contributed by atoms with van der Waals surface area (Å²) < 4.78 is 5.83. The summed E-state index contributed by atoms with van der Waals surface area (Å²) >= 11 is 0. The second kappa shape index (κ2) is 5.76. The Hall–Kier alpha value is -2.41. The third-order valence-electron chi connectivity index (χ3n) is 3.79. The quantitative estimate of drug-likeness (QED) is 0.658. The molecule has 3 aromatic rings. The largest absolute Gasteiger partial charge is 0.494 e. The lowest BCUT2D eigenvalue weighted by Gasteiger charge is -2.07. The number of nitrogens with one attached hydrogen (secondary N) is 2. The number of ether oxygens (including phenoxy) is 1. The van der Waals surface area contributed by atoms with Crippen molar-refractivity contribution in [1.29, 1.82) is 0 Å². The number of aryl methyl sites for hydroxylation is 1. The van der Waals surface area contributed by atoms with Crippen molar-refractivity contribution in [3.8, 4) is 17.1 Å². The fraction of sp³-hybridized carbons (Fsp3) is 0.400. The molecule has 4 rings (SSSR count). The normalized spacial score (nSPS) is 16.2. The van der Waals surface area contributed by atoms with E-state index in [4.69, 9.17) is 4.74 Å². The van der Waals surface area contributed by atoms with Crippen LogP contribution in [-0.2, 0) is 6.54 Å². The lowest BCUT2D eigenvalue weighted by Crippen LogP contribution is -2.20. The Morgan fingerprint density at radius 2 is 2.14 bits per heavy atom. The summed E-state index contributed by atoms with van der Waals surface area (Å²) in [4.78, 5) is 1.73. The zero-order chi connectivity index (χ0) is 14.8. The van der Waals surface area contributed by atoms with Crippen molar-refractivity contribution < 1.29 is 4.74 Å². The minimum absolute atomic E-state index is 0.709. The molecule has 2 N–H and O–H groups in total. The minimum Gasteiger partial charge on any atom is -0.494 e. The van der Waals surface area contributed by atoms with Crippen molar-refractivity contribution in [3.05, 3.63) is 24.4 Å². The fourth-order valence-corrected chi connectivity index (χ4v) is 2.65. The van der Waals surface area contributed by atoms with E-state index in [-0.39, 0.29) is 0 Å². The van der Waals surface area contributed by atoms with Gasteiger partial charge in [0.05, 0.1) is 24.9 Å². The molecular weight excluding hydrogens is 280 g/mol. The molecule has 1 aliphatic rings. The van der Waals surface area contributed by atoms with Gasteiger partial charge < -0.3 is 10.1 Å². The van der Waals surface area contributed by atoms with E-state index in [1.54, 1.807) is 11.0 Å². The van der Waals surface area contributed by atoms with Crippen LogP contribution in [0.15, 0.2) is 24.4 Å². The van der Waals surface area contributed by atoms with E-state index in [0.29, 0.717) is 6.61 Å². The second-order valence-electron chi connectivity index (χ2n) is 5.41. The van der Waals surface area contributed by atoms with Gasteiger partial charge in [0, 0.05) is 5.39 Å². The van der Waals surface area contributed by atoms with Gasteiger partial charge in [0.25, 0.3) is 0 Å². The van der Waals surface area contributed by atoms with Gasteiger partial charge in [0.1, 0.15) is 17.1 Å². The minimum atomic E-state index is 0.709. The van der Waals surface area contributed by atoms with Crippen LogP contribution in [0.4, 0.5) is 0 Å². The summed E-state index contributed by atoms with van der Waals surface area (Å²) in [7, 11) is 0. The average Bonchev–Trinajstić information content (AvgIpc) is 3.15. The SMILES string of the molecule is c1cc2[nH]nc3c2cc1OCCCNCCCn1ncc-3n1. The van der Waals surface area contributed by atoms with E-state index in [0.717, 1.165) is 60.5 Å². The van der Waals surface area contributed by atoms with Gasteiger partial charge in [-0.15, -0.1) is 0 Å². The lowest BCUT2D eigenvalue weighted by atomic mass is 10.1. The Bertz CT molecular complexity index is 777. The number of H-pyrrole nitrogens is 1. The van der Waals surface area contributed by atoms with Gasteiger partial charge in [-0.3, -0.25) is 5.10 Å². The van der Waals surface area contributed by atoms with Crippen LogP contribution in [0.3, 0.4) is 0 Å². The van der Waals surface area contributed by atoms with Gasteiger partial charge in [-0.05, 0) is 44.1 Å². The second-order valence-corrected chi connectivity index (χ2v) is 5.41. The molecule has 114 valence electrons. The number of fused-ring (bicyclic) bond motifs is 4. The van der Waals surface area contributed by atoms with Crippen molar-refractivity contribution in [2.24, 2.45) is 0 Å². The monoisotopic (exact) mass is 298 g/mol. The molecule has 0 amide bonds. The third-order valence-corrected chi connectivity index (χ3v) is 3.79. The number of nitrogens with zero attached hydrogens (tertiary/aromatic N) is 4. The molecular formula is C15H18N6O. The Morgan fingerprint density at radius 1 is 1.18 bits per heavy atom. The predicted octanol–water partition coefficient (Wildman–Crippen LogP) is 1.58. The van der Waals surface area contributed by atoms with Crippen molar-refractivity contribution in [1.82, 2.24) is 30.5 Å². The van der Waals surface area contributed by atoms with E-state index in [9.17, 15) is 0 Å². The van der Waals surface area contributed by atoms with Crippen LogP contribution in [0, 0.1) is 0 Å². The molecule has 0 fully saturated rings. The number of aromatic amines is 1. The Kier molecular flexibility index (Phi) is 3.48. The van der Waals surface area contributed by atoms with Crippen molar-refractivity contribution >= 4 is 10.9 Å². The number of hydrogen-bond donors (Lipinski definition) is 2. The zero-order valence-electron chi connectivity index (χ0n) is 12.2. The van der Waals surface area contributed by atoms with E-state index in [2.05, 4.69) is 25.7 Å². The van der Waals surface area contributed by atoms with E-state index >= 15 is 0 Å². The van der Waals surface area contributed by atoms with Crippen LogP contribution in [0.2, 0.25) is 0 Å². The number of benzene rings is 1. The first-order valence-electron chi connectivity index (χ1n) is 7.62. The van der Waals surface area contributed by atoms with Gasteiger partial charge >= 0.3 is 0 Å². The maximum absolute atomic E-state index is 5.83. The molecule has 0 atom stereocenters.